The summed E-state index contributed by atoms with van der Waals surface area (Å²) in [6.07, 6.45) is 4.25. The van der Waals surface area contributed by atoms with Gasteiger partial charge < -0.3 is 10.0 Å². The second-order valence-corrected chi connectivity index (χ2v) is 4.52. The third-order valence-corrected chi connectivity index (χ3v) is 3.05. The second kappa shape index (κ2) is 4.37. The van der Waals surface area contributed by atoms with Crippen molar-refractivity contribution in [1.29, 1.82) is 0 Å². The fourth-order valence-corrected chi connectivity index (χ4v) is 1.74. The fourth-order valence-electron chi connectivity index (χ4n) is 1.58. The van der Waals surface area contributed by atoms with Gasteiger partial charge in [-0.3, -0.25) is 0 Å². The van der Waals surface area contributed by atoms with Crippen molar-refractivity contribution >= 4 is 17.4 Å². The number of aliphatic hydroxyl groups excluding tert-OH is 1. The monoisotopic (exact) mass is 226 g/mol. The third-order valence-electron chi connectivity index (χ3n) is 2.71. The normalized spacial score (nSPS) is 15.4. The number of anilines is 1. The molecule has 1 aliphatic rings. The van der Waals surface area contributed by atoms with Crippen LogP contribution in [0.3, 0.4) is 0 Å². The third kappa shape index (κ3) is 2.61. The van der Waals surface area contributed by atoms with Gasteiger partial charge in [0.25, 0.3) is 0 Å². The summed E-state index contributed by atoms with van der Waals surface area (Å²) in [5.74, 6) is 1.71. The summed E-state index contributed by atoms with van der Waals surface area (Å²) in [5.41, 5.74) is 0.740. The van der Waals surface area contributed by atoms with Gasteiger partial charge in [-0.25, -0.2) is 4.98 Å². The maximum atomic E-state index is 9.09. The molecule has 2 rings (SSSR count). The first kappa shape index (κ1) is 10.7. The van der Waals surface area contributed by atoms with Gasteiger partial charge in [-0.15, -0.1) is 0 Å². The molecular formula is C11H15ClN2O. The summed E-state index contributed by atoms with van der Waals surface area (Å²) in [4.78, 5) is 6.37. The maximum absolute atomic E-state index is 9.09. The highest BCUT2D eigenvalue weighted by Crippen LogP contribution is 2.30. The molecule has 0 amide bonds. The van der Waals surface area contributed by atoms with Crippen LogP contribution in [0.1, 0.15) is 18.4 Å². The van der Waals surface area contributed by atoms with Gasteiger partial charge in [0.05, 0.1) is 11.6 Å². The minimum Gasteiger partial charge on any atom is -0.392 e. The van der Waals surface area contributed by atoms with Gasteiger partial charge in [0, 0.05) is 25.4 Å². The summed E-state index contributed by atoms with van der Waals surface area (Å²) in [7, 11) is 2.02. The maximum Gasteiger partial charge on any atom is 0.128 e. The number of pyridine rings is 1. The molecule has 82 valence electrons. The Kier molecular flexibility index (Phi) is 3.12. The molecule has 0 bridgehead atoms. The predicted octanol–water partition coefficient (Wildman–Crippen LogP) is 2.07. The SMILES string of the molecule is CN(CC1CC1)c1cc(CO)c(Cl)cn1. The number of rotatable bonds is 4. The molecule has 0 unspecified atom stereocenters. The molecule has 1 fully saturated rings. The van der Waals surface area contributed by atoms with Gasteiger partial charge in [-0.1, -0.05) is 11.6 Å². The van der Waals surface area contributed by atoms with Crippen LogP contribution in [0.2, 0.25) is 5.02 Å². The van der Waals surface area contributed by atoms with E-state index in [0.717, 1.165) is 23.8 Å². The van der Waals surface area contributed by atoms with E-state index in [0.29, 0.717) is 5.02 Å². The second-order valence-electron chi connectivity index (χ2n) is 4.12. The van der Waals surface area contributed by atoms with E-state index in [1.54, 1.807) is 6.20 Å². The predicted molar refractivity (Wildman–Crippen MR) is 61.2 cm³/mol. The molecule has 1 aromatic heterocycles. The largest absolute Gasteiger partial charge is 0.392 e. The van der Waals surface area contributed by atoms with E-state index in [1.807, 2.05) is 13.1 Å². The van der Waals surface area contributed by atoms with Crippen LogP contribution in [0.25, 0.3) is 0 Å². The van der Waals surface area contributed by atoms with Crippen LogP contribution in [-0.2, 0) is 6.61 Å². The molecule has 4 heteroatoms. The molecule has 1 aliphatic carbocycles. The Morgan fingerprint density at radius 1 is 1.60 bits per heavy atom. The summed E-state index contributed by atoms with van der Waals surface area (Å²) in [5, 5.41) is 9.62. The number of halogens is 1. The first-order valence-electron chi connectivity index (χ1n) is 5.17. The van der Waals surface area contributed by atoms with Crippen LogP contribution in [0.15, 0.2) is 12.3 Å². The zero-order valence-electron chi connectivity index (χ0n) is 8.78. The summed E-state index contributed by atoms with van der Waals surface area (Å²) in [6, 6.07) is 1.85. The van der Waals surface area contributed by atoms with E-state index < -0.39 is 0 Å². The van der Waals surface area contributed by atoms with Crippen molar-refractivity contribution < 1.29 is 5.11 Å². The van der Waals surface area contributed by atoms with Crippen molar-refractivity contribution in [2.24, 2.45) is 5.92 Å². The van der Waals surface area contributed by atoms with Crippen molar-refractivity contribution in [1.82, 2.24) is 4.98 Å². The highest BCUT2D eigenvalue weighted by Gasteiger charge is 2.23. The van der Waals surface area contributed by atoms with Crippen LogP contribution in [0.4, 0.5) is 5.82 Å². The van der Waals surface area contributed by atoms with Crippen molar-refractivity contribution in [3.63, 3.8) is 0 Å². The van der Waals surface area contributed by atoms with E-state index in [9.17, 15) is 0 Å². The average molecular weight is 227 g/mol. The highest BCUT2D eigenvalue weighted by atomic mass is 35.5. The molecule has 1 N–H and O–H groups in total. The Bertz CT molecular complexity index is 352. The summed E-state index contributed by atoms with van der Waals surface area (Å²) >= 11 is 5.88. The van der Waals surface area contributed by atoms with Gasteiger partial charge in [0.1, 0.15) is 5.82 Å². The molecular weight excluding hydrogens is 212 g/mol. The first-order valence-corrected chi connectivity index (χ1v) is 5.55. The molecule has 0 aliphatic heterocycles. The summed E-state index contributed by atoms with van der Waals surface area (Å²) < 4.78 is 0. The molecule has 0 spiro atoms. The van der Waals surface area contributed by atoms with Crippen molar-refractivity contribution in [2.45, 2.75) is 19.4 Å². The van der Waals surface area contributed by atoms with Gasteiger partial charge >= 0.3 is 0 Å². The van der Waals surface area contributed by atoms with Crippen molar-refractivity contribution in [3.8, 4) is 0 Å². The van der Waals surface area contributed by atoms with Crippen LogP contribution >= 0.6 is 11.6 Å². The van der Waals surface area contributed by atoms with Crippen molar-refractivity contribution in [3.05, 3.63) is 22.8 Å². The number of aliphatic hydroxyl groups is 1. The molecule has 0 saturated heterocycles. The molecule has 15 heavy (non-hydrogen) atoms. The van der Waals surface area contributed by atoms with E-state index >= 15 is 0 Å². The van der Waals surface area contributed by atoms with Crippen LogP contribution in [-0.4, -0.2) is 23.7 Å². The molecule has 0 aromatic carbocycles. The minimum absolute atomic E-state index is 0.0361. The zero-order valence-corrected chi connectivity index (χ0v) is 9.54. The van der Waals surface area contributed by atoms with Gasteiger partial charge in [0.2, 0.25) is 0 Å². The van der Waals surface area contributed by atoms with E-state index in [2.05, 4.69) is 9.88 Å². The fraction of sp³-hybridized carbons (Fsp3) is 0.545. The Balaban J connectivity index is 2.12. The average Bonchev–Trinajstić information content (AvgIpc) is 3.02. The number of nitrogens with zero attached hydrogens (tertiary/aromatic N) is 2. The standard InChI is InChI=1S/C11H15ClN2O/c1-14(6-8-2-3-8)11-4-9(7-15)10(12)5-13-11/h4-5,8,15H,2-3,6-7H2,1H3. The van der Waals surface area contributed by atoms with E-state index in [-0.39, 0.29) is 6.61 Å². The van der Waals surface area contributed by atoms with Crippen LogP contribution in [0, 0.1) is 5.92 Å². The number of hydrogen-bond acceptors (Lipinski definition) is 3. The molecule has 0 radical (unpaired) electrons. The lowest BCUT2D eigenvalue weighted by Crippen LogP contribution is -2.21. The van der Waals surface area contributed by atoms with E-state index in [1.165, 1.54) is 12.8 Å². The Morgan fingerprint density at radius 3 is 2.93 bits per heavy atom. The van der Waals surface area contributed by atoms with Crippen molar-refractivity contribution in [2.75, 3.05) is 18.5 Å². The number of aromatic nitrogens is 1. The lowest BCUT2D eigenvalue weighted by molar-refractivity contribution is 0.282. The summed E-state index contributed by atoms with van der Waals surface area (Å²) in [6.45, 7) is 1.01. The van der Waals surface area contributed by atoms with Crippen LogP contribution in [0.5, 0.6) is 0 Å². The Labute approximate surface area is 94.7 Å². The Hall–Kier alpha value is -0.800. The lowest BCUT2D eigenvalue weighted by atomic mass is 10.2. The quantitative estimate of drug-likeness (QED) is 0.854. The van der Waals surface area contributed by atoms with Crippen LogP contribution < -0.4 is 4.90 Å². The van der Waals surface area contributed by atoms with Gasteiger partial charge in [-0.2, -0.15) is 0 Å². The van der Waals surface area contributed by atoms with Gasteiger partial charge in [-0.05, 0) is 24.8 Å². The van der Waals surface area contributed by atoms with E-state index in [4.69, 9.17) is 16.7 Å². The highest BCUT2D eigenvalue weighted by molar-refractivity contribution is 6.31. The molecule has 1 aromatic rings. The topological polar surface area (TPSA) is 36.4 Å². The lowest BCUT2D eigenvalue weighted by Gasteiger charge is -2.18. The molecule has 1 saturated carbocycles. The molecule has 0 atom stereocenters. The first-order chi connectivity index (χ1) is 7.20. The smallest absolute Gasteiger partial charge is 0.128 e. The molecule has 1 heterocycles. The minimum atomic E-state index is -0.0361. The number of hydrogen-bond donors (Lipinski definition) is 1. The van der Waals surface area contributed by atoms with Gasteiger partial charge in [0.15, 0.2) is 0 Å². The Morgan fingerprint density at radius 2 is 2.33 bits per heavy atom. The molecule has 3 nitrogen and oxygen atoms in total. The zero-order chi connectivity index (χ0) is 10.8.